The highest BCUT2D eigenvalue weighted by Crippen LogP contribution is 2.39. The van der Waals surface area contributed by atoms with E-state index in [1.807, 2.05) is 6.92 Å². The van der Waals surface area contributed by atoms with Gasteiger partial charge in [0.05, 0.1) is 0 Å². The van der Waals surface area contributed by atoms with E-state index in [0.29, 0.717) is 32.1 Å². The summed E-state index contributed by atoms with van der Waals surface area (Å²) in [7, 11) is 1.11. The molecule has 3 nitrogen and oxygen atoms in total. The molecule has 0 aliphatic heterocycles. The first-order valence-electron chi connectivity index (χ1n) is 7.01. The van der Waals surface area contributed by atoms with Crippen molar-refractivity contribution >= 4 is 5.78 Å². The van der Waals surface area contributed by atoms with Gasteiger partial charge in [-0.2, -0.15) is 0 Å². The van der Waals surface area contributed by atoms with Crippen molar-refractivity contribution in [1.82, 2.24) is 0 Å². The van der Waals surface area contributed by atoms with Crippen LogP contribution in [-0.4, -0.2) is 29.7 Å². The van der Waals surface area contributed by atoms with Crippen molar-refractivity contribution in [3.05, 3.63) is 0 Å². The van der Waals surface area contributed by atoms with Crippen LogP contribution >= 0.6 is 0 Å². The van der Waals surface area contributed by atoms with Crippen LogP contribution < -0.4 is 0 Å². The lowest BCUT2D eigenvalue weighted by molar-refractivity contribution is -0.314. The number of hydrogen-bond donors (Lipinski definition) is 1. The molecule has 112 valence electrons. The molecule has 0 radical (unpaired) electrons. The molecule has 1 fully saturated rings. The number of carbonyl (C=O) groups is 1. The number of ketones is 1. The molecule has 0 aromatic rings. The maximum absolute atomic E-state index is 14.0. The quantitative estimate of drug-likeness (QED) is 0.693. The van der Waals surface area contributed by atoms with Gasteiger partial charge >= 0.3 is 5.92 Å². The fraction of sp³-hybridized carbons (Fsp3) is 0.929. The summed E-state index contributed by atoms with van der Waals surface area (Å²) in [5.41, 5.74) is 0. The first-order chi connectivity index (χ1) is 8.84. The number of unbranched alkanes of at least 4 members (excludes halogenated alkanes) is 1. The first-order valence-corrected chi connectivity index (χ1v) is 7.01. The van der Waals surface area contributed by atoms with Crippen LogP contribution in [-0.2, 0) is 9.53 Å². The molecule has 0 spiro atoms. The van der Waals surface area contributed by atoms with Gasteiger partial charge in [0, 0.05) is 32.8 Å². The van der Waals surface area contributed by atoms with E-state index in [9.17, 15) is 18.7 Å². The van der Waals surface area contributed by atoms with E-state index < -0.39 is 11.7 Å². The summed E-state index contributed by atoms with van der Waals surface area (Å²) in [6.07, 6.45) is 2.60. The SMILES string of the molecule is CCCCC(F)(F)C(O)(CCC1CCC(=O)C1)OC. The molecule has 1 N–H and O–H groups in total. The van der Waals surface area contributed by atoms with Crippen LogP contribution in [0.5, 0.6) is 0 Å². The van der Waals surface area contributed by atoms with Gasteiger partial charge in [0.15, 0.2) is 0 Å². The topological polar surface area (TPSA) is 46.5 Å². The van der Waals surface area contributed by atoms with Gasteiger partial charge in [0.1, 0.15) is 5.78 Å². The number of aliphatic hydroxyl groups is 1. The van der Waals surface area contributed by atoms with Gasteiger partial charge in [-0.1, -0.05) is 13.3 Å². The van der Waals surface area contributed by atoms with Crippen LogP contribution in [0.15, 0.2) is 0 Å². The van der Waals surface area contributed by atoms with Crippen LogP contribution in [0.4, 0.5) is 8.78 Å². The predicted octanol–water partition coefficient (Wildman–Crippen LogP) is 3.30. The van der Waals surface area contributed by atoms with E-state index in [-0.39, 0.29) is 24.5 Å². The summed E-state index contributed by atoms with van der Waals surface area (Å²) < 4.78 is 32.6. The van der Waals surface area contributed by atoms with E-state index >= 15 is 0 Å². The van der Waals surface area contributed by atoms with E-state index in [1.54, 1.807) is 0 Å². The lowest BCUT2D eigenvalue weighted by Gasteiger charge is -2.35. The largest absolute Gasteiger partial charge is 0.361 e. The summed E-state index contributed by atoms with van der Waals surface area (Å²) in [6, 6.07) is 0. The molecule has 1 aliphatic carbocycles. The van der Waals surface area contributed by atoms with E-state index in [0.717, 1.165) is 13.5 Å². The van der Waals surface area contributed by atoms with Crippen LogP contribution in [0.25, 0.3) is 0 Å². The Morgan fingerprint density at radius 3 is 2.58 bits per heavy atom. The molecule has 1 saturated carbocycles. The number of hydrogen-bond acceptors (Lipinski definition) is 3. The van der Waals surface area contributed by atoms with Crippen molar-refractivity contribution in [2.24, 2.45) is 5.92 Å². The third-order valence-electron chi connectivity index (χ3n) is 3.99. The molecule has 5 heteroatoms. The first kappa shape index (κ1) is 16.5. The van der Waals surface area contributed by atoms with Gasteiger partial charge in [-0.3, -0.25) is 4.79 Å². The number of carbonyl (C=O) groups excluding carboxylic acids is 1. The molecule has 0 bridgehead atoms. The molecule has 0 amide bonds. The normalized spacial score (nSPS) is 23.6. The third kappa shape index (κ3) is 4.21. The molecule has 19 heavy (non-hydrogen) atoms. The number of methoxy groups -OCH3 is 1. The zero-order valence-corrected chi connectivity index (χ0v) is 11.8. The Kier molecular flexibility index (Phi) is 5.86. The molecular formula is C14H24F2O3. The highest BCUT2D eigenvalue weighted by Gasteiger charge is 2.52. The van der Waals surface area contributed by atoms with Gasteiger partial charge in [-0.25, -0.2) is 8.78 Å². The van der Waals surface area contributed by atoms with Crippen LogP contribution in [0.2, 0.25) is 0 Å². The second kappa shape index (κ2) is 6.75. The number of Topliss-reactive ketones (excluding diaryl/α,β-unsaturated/α-hetero) is 1. The summed E-state index contributed by atoms with van der Waals surface area (Å²) >= 11 is 0. The fourth-order valence-electron chi connectivity index (χ4n) is 2.57. The zero-order valence-electron chi connectivity index (χ0n) is 11.8. The van der Waals surface area contributed by atoms with Crippen molar-refractivity contribution in [3.63, 3.8) is 0 Å². The zero-order chi connectivity index (χ0) is 14.5. The van der Waals surface area contributed by atoms with E-state index in [2.05, 4.69) is 0 Å². The third-order valence-corrected chi connectivity index (χ3v) is 3.99. The lowest BCUT2D eigenvalue weighted by atomic mass is 9.92. The minimum atomic E-state index is -3.25. The van der Waals surface area contributed by atoms with Gasteiger partial charge in [-0.05, 0) is 25.2 Å². The van der Waals surface area contributed by atoms with Crippen LogP contribution in [0.3, 0.4) is 0 Å². The number of rotatable bonds is 8. The number of alkyl halides is 2. The summed E-state index contributed by atoms with van der Waals surface area (Å²) in [4.78, 5) is 11.1. The van der Waals surface area contributed by atoms with Gasteiger partial charge < -0.3 is 9.84 Å². The maximum Gasteiger partial charge on any atom is 0.300 e. The van der Waals surface area contributed by atoms with Crippen molar-refractivity contribution in [2.45, 2.75) is 70.0 Å². The Labute approximate surface area is 113 Å². The highest BCUT2D eigenvalue weighted by molar-refractivity contribution is 5.80. The van der Waals surface area contributed by atoms with Crippen LogP contribution in [0, 0.1) is 5.92 Å². The molecule has 0 aromatic heterocycles. The van der Waals surface area contributed by atoms with Crippen molar-refractivity contribution < 1.29 is 23.4 Å². The number of ether oxygens (including phenoxy) is 1. The molecule has 2 unspecified atom stereocenters. The van der Waals surface area contributed by atoms with Gasteiger partial charge in [0.25, 0.3) is 0 Å². The summed E-state index contributed by atoms with van der Waals surface area (Å²) in [5, 5.41) is 10.0. The van der Waals surface area contributed by atoms with E-state index in [1.165, 1.54) is 0 Å². The molecular weight excluding hydrogens is 254 g/mol. The standard InChI is InChI=1S/C14H24F2O3/c1-3-4-8-13(15,16)14(18,19-2)9-7-11-5-6-12(17)10-11/h11,18H,3-10H2,1-2H3. The van der Waals surface area contributed by atoms with Crippen molar-refractivity contribution in [2.75, 3.05) is 7.11 Å². The Balaban J connectivity index is 2.55. The molecule has 1 rings (SSSR count). The summed E-state index contributed by atoms with van der Waals surface area (Å²) in [5.74, 6) is -5.37. The molecule has 0 aromatic carbocycles. The van der Waals surface area contributed by atoms with Crippen molar-refractivity contribution in [3.8, 4) is 0 Å². The molecule has 0 saturated heterocycles. The Bertz CT molecular complexity index is 307. The maximum atomic E-state index is 14.0. The highest BCUT2D eigenvalue weighted by atomic mass is 19.3. The van der Waals surface area contributed by atoms with Crippen molar-refractivity contribution in [1.29, 1.82) is 0 Å². The smallest absolute Gasteiger partial charge is 0.300 e. The predicted molar refractivity (Wildman–Crippen MR) is 68.0 cm³/mol. The second-order valence-electron chi connectivity index (χ2n) is 5.48. The average Bonchev–Trinajstić information content (AvgIpc) is 2.79. The summed E-state index contributed by atoms with van der Waals surface area (Å²) in [6.45, 7) is 1.83. The number of halogens is 2. The molecule has 1 aliphatic rings. The van der Waals surface area contributed by atoms with E-state index in [4.69, 9.17) is 4.74 Å². The minimum absolute atomic E-state index is 0.108. The Hall–Kier alpha value is -0.550. The van der Waals surface area contributed by atoms with Gasteiger partial charge in [-0.15, -0.1) is 0 Å². The average molecular weight is 278 g/mol. The molecule has 2 atom stereocenters. The molecule has 0 heterocycles. The Morgan fingerprint density at radius 2 is 2.11 bits per heavy atom. The fourth-order valence-corrected chi connectivity index (χ4v) is 2.57. The van der Waals surface area contributed by atoms with Gasteiger partial charge in [0.2, 0.25) is 5.79 Å². The second-order valence-corrected chi connectivity index (χ2v) is 5.48. The Morgan fingerprint density at radius 1 is 1.42 bits per heavy atom. The van der Waals surface area contributed by atoms with Crippen LogP contribution in [0.1, 0.15) is 58.3 Å². The monoisotopic (exact) mass is 278 g/mol. The lowest BCUT2D eigenvalue weighted by Crippen LogP contribution is -2.50. The minimum Gasteiger partial charge on any atom is -0.361 e.